The normalized spacial score (nSPS) is 19.6. The number of ether oxygens (including phenoxy) is 3. The number of fused-ring (bicyclic) bond motifs is 2. The van der Waals surface area contributed by atoms with Gasteiger partial charge in [-0.05, 0) is 25.0 Å². The van der Waals surface area contributed by atoms with Crippen LogP contribution < -0.4 is 19.7 Å². The second-order valence-electron chi connectivity index (χ2n) is 7.69. The first-order valence-electron chi connectivity index (χ1n) is 10.4. The average Bonchev–Trinajstić information content (AvgIpc) is 3.41. The molecule has 0 spiro atoms. The molecule has 2 fully saturated rings. The topological polar surface area (TPSA) is 59.1 Å². The maximum atomic E-state index is 5.55. The Morgan fingerprint density at radius 3 is 2.57 bits per heavy atom. The summed E-state index contributed by atoms with van der Waals surface area (Å²) in [5, 5.41) is 4.73. The summed E-state index contributed by atoms with van der Waals surface area (Å²) in [6.07, 6.45) is 2.48. The predicted octanol–water partition coefficient (Wildman–Crippen LogP) is 1.99. The molecule has 3 aliphatic rings. The van der Waals surface area contributed by atoms with Gasteiger partial charge in [0.05, 0.1) is 18.7 Å². The summed E-state index contributed by atoms with van der Waals surface area (Å²) in [4.78, 5) is 9.90. The summed E-state index contributed by atoms with van der Waals surface area (Å²) < 4.78 is 16.5. The molecule has 0 unspecified atom stereocenters. The molecule has 1 aromatic heterocycles. The Balaban J connectivity index is 1.34. The van der Waals surface area contributed by atoms with Crippen molar-refractivity contribution in [3.8, 4) is 11.5 Å². The Kier molecular flexibility index (Phi) is 5.20. The van der Waals surface area contributed by atoms with E-state index < -0.39 is 0 Å². The third-order valence-electron chi connectivity index (χ3n) is 5.79. The van der Waals surface area contributed by atoms with Crippen molar-refractivity contribution in [3.63, 3.8) is 0 Å². The van der Waals surface area contributed by atoms with Gasteiger partial charge in [0, 0.05) is 62.8 Å². The smallest absolute Gasteiger partial charge is 0.231 e. The van der Waals surface area contributed by atoms with Gasteiger partial charge in [-0.2, -0.15) is 0 Å². The second kappa shape index (κ2) is 8.11. The quantitative estimate of drug-likeness (QED) is 0.765. The number of morpholine rings is 1. The number of rotatable bonds is 6. The largest absolute Gasteiger partial charge is 0.454 e. The van der Waals surface area contributed by atoms with E-state index in [1.54, 1.807) is 0 Å². The number of nitrogens with zero attached hydrogens (tertiary/aromatic N) is 3. The highest BCUT2D eigenvalue weighted by atomic mass is 16.7. The van der Waals surface area contributed by atoms with Gasteiger partial charge in [-0.3, -0.25) is 4.90 Å². The van der Waals surface area contributed by atoms with E-state index >= 15 is 0 Å². The number of hydrogen-bond acceptors (Lipinski definition) is 7. The van der Waals surface area contributed by atoms with Crippen LogP contribution in [-0.4, -0.2) is 69.2 Å². The van der Waals surface area contributed by atoms with E-state index in [0.29, 0.717) is 6.79 Å². The van der Waals surface area contributed by atoms with Crippen molar-refractivity contribution >= 4 is 16.7 Å². The second-order valence-corrected chi connectivity index (χ2v) is 7.69. The third-order valence-corrected chi connectivity index (χ3v) is 5.79. The number of nitrogens with one attached hydrogen (secondary N) is 1. The van der Waals surface area contributed by atoms with E-state index in [9.17, 15) is 0 Å². The van der Waals surface area contributed by atoms with Crippen molar-refractivity contribution in [2.45, 2.75) is 19.4 Å². The number of benzene rings is 1. The van der Waals surface area contributed by atoms with Crippen LogP contribution in [0.3, 0.4) is 0 Å². The van der Waals surface area contributed by atoms with Gasteiger partial charge < -0.3 is 24.4 Å². The Hall–Kier alpha value is -2.09. The predicted molar refractivity (Wildman–Crippen MR) is 108 cm³/mol. The van der Waals surface area contributed by atoms with Crippen molar-refractivity contribution in [2.75, 3.05) is 64.2 Å². The van der Waals surface area contributed by atoms with Gasteiger partial charge in [0.1, 0.15) is 5.82 Å². The maximum Gasteiger partial charge on any atom is 0.231 e. The first-order valence-corrected chi connectivity index (χ1v) is 10.4. The van der Waals surface area contributed by atoms with Crippen LogP contribution in [0.1, 0.15) is 18.4 Å². The first-order chi connectivity index (χ1) is 13.9. The number of hydrogen-bond donors (Lipinski definition) is 1. The zero-order chi connectivity index (χ0) is 18.8. The molecule has 0 saturated carbocycles. The van der Waals surface area contributed by atoms with E-state index in [1.165, 1.54) is 18.4 Å². The molecule has 4 heterocycles. The highest BCUT2D eigenvalue weighted by Gasteiger charge is 2.21. The van der Waals surface area contributed by atoms with Crippen molar-refractivity contribution in [1.82, 2.24) is 15.2 Å². The lowest BCUT2D eigenvalue weighted by atomic mass is 10.1. The SMILES string of the molecule is c1c(CNCCN2CCOCC2)c(N2CCCC2)nc2cc3c(cc12)OCO3. The lowest BCUT2D eigenvalue weighted by molar-refractivity contribution is 0.0384. The number of aromatic nitrogens is 1. The fraction of sp³-hybridized carbons (Fsp3) is 0.571. The molecular weight excluding hydrogens is 356 g/mol. The minimum Gasteiger partial charge on any atom is -0.454 e. The number of anilines is 1. The molecule has 0 radical (unpaired) electrons. The lowest BCUT2D eigenvalue weighted by Gasteiger charge is -2.26. The molecule has 1 N–H and O–H groups in total. The molecule has 2 saturated heterocycles. The van der Waals surface area contributed by atoms with E-state index in [1.807, 2.05) is 6.07 Å². The molecule has 0 aliphatic carbocycles. The van der Waals surface area contributed by atoms with Crippen molar-refractivity contribution < 1.29 is 14.2 Å². The summed E-state index contributed by atoms with van der Waals surface area (Å²) in [6, 6.07) is 6.32. The summed E-state index contributed by atoms with van der Waals surface area (Å²) >= 11 is 0. The molecule has 5 rings (SSSR count). The van der Waals surface area contributed by atoms with Crippen LogP contribution >= 0.6 is 0 Å². The zero-order valence-corrected chi connectivity index (χ0v) is 16.3. The minimum atomic E-state index is 0.292. The van der Waals surface area contributed by atoms with Gasteiger partial charge in [0.2, 0.25) is 6.79 Å². The van der Waals surface area contributed by atoms with Gasteiger partial charge in [0.15, 0.2) is 11.5 Å². The minimum absolute atomic E-state index is 0.292. The Bertz CT molecular complexity index is 832. The van der Waals surface area contributed by atoms with Crippen LogP contribution in [0.2, 0.25) is 0 Å². The average molecular weight is 384 g/mol. The van der Waals surface area contributed by atoms with Crippen LogP contribution in [0.15, 0.2) is 18.2 Å². The third kappa shape index (κ3) is 3.74. The highest BCUT2D eigenvalue weighted by Crippen LogP contribution is 2.37. The molecule has 0 amide bonds. The summed E-state index contributed by atoms with van der Waals surface area (Å²) in [6.45, 7) is 9.09. The molecule has 0 atom stereocenters. The van der Waals surface area contributed by atoms with E-state index in [0.717, 1.165) is 87.2 Å². The van der Waals surface area contributed by atoms with Crippen LogP contribution in [0.4, 0.5) is 5.82 Å². The molecule has 1 aromatic carbocycles. The van der Waals surface area contributed by atoms with Crippen LogP contribution in [-0.2, 0) is 11.3 Å². The lowest BCUT2D eigenvalue weighted by Crippen LogP contribution is -2.40. The summed E-state index contributed by atoms with van der Waals surface area (Å²) in [5.74, 6) is 2.72. The van der Waals surface area contributed by atoms with E-state index in [4.69, 9.17) is 19.2 Å². The van der Waals surface area contributed by atoms with Crippen molar-refractivity contribution in [3.05, 3.63) is 23.8 Å². The van der Waals surface area contributed by atoms with Crippen molar-refractivity contribution in [1.29, 1.82) is 0 Å². The summed E-state index contributed by atoms with van der Waals surface area (Å²) in [7, 11) is 0. The summed E-state index contributed by atoms with van der Waals surface area (Å²) in [5.41, 5.74) is 2.23. The van der Waals surface area contributed by atoms with Crippen LogP contribution in [0, 0.1) is 0 Å². The molecule has 28 heavy (non-hydrogen) atoms. The highest BCUT2D eigenvalue weighted by molar-refractivity contribution is 5.85. The number of pyridine rings is 1. The van der Waals surface area contributed by atoms with Gasteiger partial charge in [-0.1, -0.05) is 0 Å². The Labute approximate surface area is 165 Å². The van der Waals surface area contributed by atoms with E-state index in [-0.39, 0.29) is 0 Å². The monoisotopic (exact) mass is 384 g/mol. The first kappa shape index (κ1) is 18.0. The molecule has 7 heteroatoms. The fourth-order valence-corrected chi connectivity index (χ4v) is 4.22. The fourth-order valence-electron chi connectivity index (χ4n) is 4.22. The van der Waals surface area contributed by atoms with Crippen molar-refractivity contribution in [2.24, 2.45) is 0 Å². The Morgan fingerprint density at radius 1 is 0.964 bits per heavy atom. The van der Waals surface area contributed by atoms with Gasteiger partial charge in [-0.25, -0.2) is 4.98 Å². The molecule has 0 bridgehead atoms. The molecule has 3 aliphatic heterocycles. The maximum absolute atomic E-state index is 5.55. The van der Waals surface area contributed by atoms with Gasteiger partial charge in [0.25, 0.3) is 0 Å². The molecule has 7 nitrogen and oxygen atoms in total. The van der Waals surface area contributed by atoms with Gasteiger partial charge in [-0.15, -0.1) is 0 Å². The zero-order valence-electron chi connectivity index (χ0n) is 16.3. The standard InChI is InChI=1S/C21H28N4O3/c1-2-5-25(4-1)21-17(14-22-3-6-24-7-9-26-10-8-24)11-16-12-19-20(28-15-27-19)13-18(16)23-21/h11-13,22H,1-10,14-15H2. The van der Waals surface area contributed by atoms with E-state index in [2.05, 4.69) is 27.2 Å². The molecule has 2 aromatic rings. The van der Waals surface area contributed by atoms with Crippen LogP contribution in [0.25, 0.3) is 10.9 Å². The Morgan fingerprint density at radius 2 is 1.75 bits per heavy atom. The molecule has 150 valence electrons. The van der Waals surface area contributed by atoms with Crippen LogP contribution in [0.5, 0.6) is 11.5 Å². The van der Waals surface area contributed by atoms with Gasteiger partial charge >= 0.3 is 0 Å². The molecular formula is C21H28N4O3.